The number of rotatable bonds is 6. The highest BCUT2D eigenvalue weighted by Gasteiger charge is 2.27. The summed E-state index contributed by atoms with van der Waals surface area (Å²) in [5.74, 6) is 1.13. The van der Waals surface area contributed by atoms with E-state index in [1.807, 2.05) is 43.0 Å². The zero-order valence-corrected chi connectivity index (χ0v) is 16.0. The van der Waals surface area contributed by atoms with Gasteiger partial charge in [0.05, 0.1) is 0 Å². The van der Waals surface area contributed by atoms with Gasteiger partial charge < -0.3 is 14.6 Å². The van der Waals surface area contributed by atoms with Gasteiger partial charge in [-0.1, -0.05) is 19.1 Å². The lowest BCUT2D eigenvalue weighted by Crippen LogP contribution is -2.39. The van der Waals surface area contributed by atoms with E-state index in [9.17, 15) is 9.59 Å². The lowest BCUT2D eigenvalue weighted by Gasteiger charge is -2.31. The molecular weight excluding hydrogens is 342 g/mol. The van der Waals surface area contributed by atoms with E-state index in [4.69, 9.17) is 4.42 Å². The summed E-state index contributed by atoms with van der Waals surface area (Å²) in [5.41, 5.74) is 2.41. The van der Waals surface area contributed by atoms with Gasteiger partial charge in [0.15, 0.2) is 12.1 Å². The number of aryl methyl sites for hydroxylation is 2. The first-order valence-electron chi connectivity index (χ1n) is 9.65. The van der Waals surface area contributed by atoms with Crippen molar-refractivity contribution in [2.45, 2.75) is 46.0 Å². The summed E-state index contributed by atoms with van der Waals surface area (Å²) in [4.78, 5) is 30.7. The first-order chi connectivity index (χ1) is 13.1. The van der Waals surface area contributed by atoms with Crippen LogP contribution in [0.5, 0.6) is 0 Å². The van der Waals surface area contributed by atoms with Crippen molar-refractivity contribution in [1.29, 1.82) is 0 Å². The molecular formula is C21H27N3O3. The fourth-order valence-corrected chi connectivity index (χ4v) is 3.55. The smallest absolute Gasteiger partial charge is 0.276 e. The van der Waals surface area contributed by atoms with Gasteiger partial charge in [0, 0.05) is 31.6 Å². The molecule has 3 rings (SSSR count). The highest BCUT2D eigenvalue weighted by Crippen LogP contribution is 2.24. The minimum absolute atomic E-state index is 0.0451. The molecule has 0 atom stereocenters. The van der Waals surface area contributed by atoms with E-state index < -0.39 is 0 Å². The molecule has 1 fully saturated rings. The zero-order chi connectivity index (χ0) is 19.2. The predicted molar refractivity (Wildman–Crippen MR) is 104 cm³/mol. The number of carbonyl (C=O) groups excluding carboxylic acids is 2. The number of nitrogens with zero attached hydrogens (tertiary/aromatic N) is 2. The van der Waals surface area contributed by atoms with Gasteiger partial charge in [0.2, 0.25) is 5.91 Å². The Morgan fingerprint density at radius 1 is 1.30 bits per heavy atom. The van der Waals surface area contributed by atoms with Gasteiger partial charge in [-0.3, -0.25) is 9.59 Å². The lowest BCUT2D eigenvalue weighted by atomic mass is 9.92. The number of benzene rings is 1. The summed E-state index contributed by atoms with van der Waals surface area (Å²) in [6, 6.07) is 7.82. The van der Waals surface area contributed by atoms with Crippen LogP contribution in [0.2, 0.25) is 0 Å². The van der Waals surface area contributed by atoms with Crippen LogP contribution in [0, 0.1) is 12.8 Å². The largest absolute Gasteiger partial charge is 0.448 e. The summed E-state index contributed by atoms with van der Waals surface area (Å²) in [7, 11) is 0. The Hall–Kier alpha value is -2.63. The Morgan fingerprint density at radius 3 is 2.78 bits per heavy atom. The van der Waals surface area contributed by atoms with Crippen LogP contribution in [-0.4, -0.2) is 34.8 Å². The van der Waals surface area contributed by atoms with Gasteiger partial charge in [-0.25, -0.2) is 4.98 Å². The van der Waals surface area contributed by atoms with Crippen molar-refractivity contribution in [3.05, 3.63) is 47.7 Å². The second-order valence-corrected chi connectivity index (χ2v) is 7.17. The van der Waals surface area contributed by atoms with Crippen LogP contribution >= 0.6 is 0 Å². The molecule has 0 unspecified atom stereocenters. The molecule has 1 saturated heterocycles. The van der Waals surface area contributed by atoms with E-state index in [1.54, 1.807) is 0 Å². The minimum atomic E-state index is -0.0451. The van der Waals surface area contributed by atoms with Crippen LogP contribution in [0.1, 0.15) is 54.4 Å². The number of piperidine rings is 1. The normalized spacial score (nSPS) is 15.0. The third-order valence-electron chi connectivity index (χ3n) is 5.15. The van der Waals surface area contributed by atoms with E-state index in [-0.39, 0.29) is 11.8 Å². The fraction of sp³-hybridized carbons (Fsp3) is 0.476. The van der Waals surface area contributed by atoms with Gasteiger partial charge in [0.1, 0.15) is 5.76 Å². The number of anilines is 1. The second kappa shape index (κ2) is 8.84. The first-order valence-corrected chi connectivity index (χ1v) is 9.65. The van der Waals surface area contributed by atoms with Crippen molar-refractivity contribution in [2.75, 3.05) is 18.4 Å². The van der Waals surface area contributed by atoms with Gasteiger partial charge in [-0.2, -0.15) is 0 Å². The molecule has 0 bridgehead atoms. The number of carbonyl (C=O) groups is 2. The SMILES string of the molecule is CCc1ocnc1C(=O)N1CCC(CCC(=O)Nc2cccc(C)c2)CC1. The molecule has 2 aromatic rings. The Bertz CT molecular complexity index is 791. The van der Waals surface area contributed by atoms with Crippen LogP contribution in [0.4, 0.5) is 5.69 Å². The van der Waals surface area contributed by atoms with Gasteiger partial charge in [0.25, 0.3) is 5.91 Å². The third-order valence-corrected chi connectivity index (χ3v) is 5.15. The predicted octanol–water partition coefficient (Wildman–Crippen LogP) is 3.82. The molecule has 1 aromatic heterocycles. The van der Waals surface area contributed by atoms with Crippen molar-refractivity contribution >= 4 is 17.5 Å². The van der Waals surface area contributed by atoms with Crippen LogP contribution in [0.25, 0.3) is 0 Å². The van der Waals surface area contributed by atoms with Crippen molar-refractivity contribution in [1.82, 2.24) is 9.88 Å². The summed E-state index contributed by atoms with van der Waals surface area (Å²) < 4.78 is 5.26. The van der Waals surface area contributed by atoms with E-state index in [0.29, 0.717) is 43.3 Å². The molecule has 0 saturated carbocycles. The van der Waals surface area contributed by atoms with Crippen LogP contribution < -0.4 is 5.32 Å². The maximum atomic E-state index is 12.6. The quantitative estimate of drug-likeness (QED) is 0.840. The molecule has 1 aliphatic heterocycles. The lowest BCUT2D eigenvalue weighted by molar-refractivity contribution is -0.116. The Labute approximate surface area is 160 Å². The molecule has 1 N–H and O–H groups in total. The molecule has 6 heteroatoms. The standard InChI is InChI=1S/C21H27N3O3/c1-3-18-20(22-14-27-18)21(26)24-11-9-16(10-12-24)7-8-19(25)23-17-6-4-5-15(2)13-17/h4-6,13-14,16H,3,7-12H2,1-2H3,(H,23,25). The number of hydrogen-bond acceptors (Lipinski definition) is 4. The molecule has 1 aliphatic rings. The Morgan fingerprint density at radius 2 is 2.07 bits per heavy atom. The number of likely N-dealkylation sites (tertiary alicyclic amines) is 1. The Balaban J connectivity index is 1.43. The maximum Gasteiger partial charge on any atom is 0.276 e. The molecule has 144 valence electrons. The topological polar surface area (TPSA) is 75.4 Å². The van der Waals surface area contributed by atoms with Crippen molar-refractivity contribution in [2.24, 2.45) is 5.92 Å². The molecule has 1 aromatic carbocycles. The molecule has 6 nitrogen and oxygen atoms in total. The van der Waals surface area contributed by atoms with E-state index >= 15 is 0 Å². The number of oxazole rings is 1. The zero-order valence-electron chi connectivity index (χ0n) is 16.0. The van der Waals surface area contributed by atoms with Crippen molar-refractivity contribution < 1.29 is 14.0 Å². The Kier molecular flexibility index (Phi) is 6.27. The summed E-state index contributed by atoms with van der Waals surface area (Å²) >= 11 is 0. The summed E-state index contributed by atoms with van der Waals surface area (Å²) in [6.07, 6.45) is 5.20. The van der Waals surface area contributed by atoms with Gasteiger partial charge in [-0.15, -0.1) is 0 Å². The van der Waals surface area contributed by atoms with Gasteiger partial charge in [-0.05, 0) is 49.8 Å². The molecule has 0 spiro atoms. The molecule has 0 radical (unpaired) electrons. The average molecular weight is 369 g/mol. The van der Waals surface area contributed by atoms with Crippen molar-refractivity contribution in [3.63, 3.8) is 0 Å². The number of nitrogens with one attached hydrogen (secondary N) is 1. The van der Waals surface area contributed by atoms with Crippen LogP contribution in [-0.2, 0) is 11.2 Å². The molecule has 2 amide bonds. The molecule has 0 aliphatic carbocycles. The summed E-state index contributed by atoms with van der Waals surface area (Å²) in [6.45, 7) is 5.37. The van der Waals surface area contributed by atoms with E-state index in [1.165, 1.54) is 6.39 Å². The highest BCUT2D eigenvalue weighted by atomic mass is 16.3. The maximum absolute atomic E-state index is 12.6. The highest BCUT2D eigenvalue weighted by molar-refractivity contribution is 5.93. The number of hydrogen-bond donors (Lipinski definition) is 1. The van der Waals surface area contributed by atoms with Gasteiger partial charge >= 0.3 is 0 Å². The third kappa shape index (κ3) is 4.96. The number of aromatic nitrogens is 1. The molecule has 27 heavy (non-hydrogen) atoms. The van der Waals surface area contributed by atoms with Crippen molar-refractivity contribution in [3.8, 4) is 0 Å². The van der Waals surface area contributed by atoms with E-state index in [0.717, 1.165) is 30.5 Å². The average Bonchev–Trinajstić information content (AvgIpc) is 3.15. The summed E-state index contributed by atoms with van der Waals surface area (Å²) in [5, 5.41) is 2.96. The monoisotopic (exact) mass is 369 g/mol. The fourth-order valence-electron chi connectivity index (χ4n) is 3.55. The first kappa shape index (κ1) is 19.1. The van der Waals surface area contributed by atoms with Crippen LogP contribution in [0.15, 0.2) is 35.1 Å². The number of amides is 2. The minimum Gasteiger partial charge on any atom is -0.448 e. The second-order valence-electron chi connectivity index (χ2n) is 7.17. The van der Waals surface area contributed by atoms with Crippen LogP contribution in [0.3, 0.4) is 0 Å². The molecule has 2 heterocycles. The van der Waals surface area contributed by atoms with E-state index in [2.05, 4.69) is 10.3 Å².